The summed E-state index contributed by atoms with van der Waals surface area (Å²) in [5.41, 5.74) is 1.37. The van der Waals surface area contributed by atoms with Crippen LogP contribution < -0.4 is 5.32 Å². The molecule has 1 aromatic carbocycles. The van der Waals surface area contributed by atoms with E-state index in [1.54, 1.807) is 0 Å². The number of benzene rings is 1. The smallest absolute Gasteiger partial charge is 0.0346 e. The normalized spacial score (nSPS) is 23.1. The molecule has 3 rings (SSSR count). The molecule has 0 saturated heterocycles. The third-order valence-corrected chi connectivity index (χ3v) is 4.73. The van der Waals surface area contributed by atoms with Crippen LogP contribution in [0.15, 0.2) is 36.7 Å². The van der Waals surface area contributed by atoms with E-state index in [1.165, 1.54) is 42.0 Å². The van der Waals surface area contributed by atoms with Crippen molar-refractivity contribution in [2.24, 2.45) is 11.8 Å². The highest BCUT2D eigenvalue weighted by Gasteiger charge is 2.20. The highest BCUT2D eigenvalue weighted by atomic mass is 14.9. The molecule has 2 heteroatoms. The maximum absolute atomic E-state index is 4.16. The SMILES string of the molecule is CC1CCCCC1CNCc1ccc2cnccc2c1. The number of nitrogens with zero attached hydrogens (tertiary/aromatic N) is 1. The van der Waals surface area contributed by atoms with Crippen LogP contribution >= 0.6 is 0 Å². The van der Waals surface area contributed by atoms with Crippen molar-refractivity contribution in [3.05, 3.63) is 42.2 Å². The zero-order chi connectivity index (χ0) is 13.8. The average Bonchev–Trinajstić information content (AvgIpc) is 2.49. The Morgan fingerprint density at radius 3 is 2.95 bits per heavy atom. The Kier molecular flexibility index (Phi) is 4.31. The molecule has 1 aliphatic carbocycles. The van der Waals surface area contributed by atoms with Gasteiger partial charge < -0.3 is 5.32 Å². The Labute approximate surface area is 121 Å². The van der Waals surface area contributed by atoms with Gasteiger partial charge in [0.05, 0.1) is 0 Å². The summed E-state index contributed by atoms with van der Waals surface area (Å²) < 4.78 is 0. The lowest BCUT2D eigenvalue weighted by molar-refractivity contribution is 0.247. The molecule has 0 aliphatic heterocycles. The standard InChI is InChI=1S/C18H24N2/c1-14-4-2-3-5-17(14)12-20-11-15-6-7-18-13-19-9-8-16(18)10-15/h6-10,13-14,17,20H,2-5,11-12H2,1H3. The fourth-order valence-electron chi connectivity index (χ4n) is 3.34. The minimum atomic E-state index is 0.869. The molecule has 106 valence electrons. The number of hydrogen-bond acceptors (Lipinski definition) is 2. The molecule has 1 heterocycles. The van der Waals surface area contributed by atoms with Gasteiger partial charge in [-0.25, -0.2) is 0 Å². The minimum Gasteiger partial charge on any atom is -0.312 e. The molecule has 0 bridgehead atoms. The second-order valence-corrected chi connectivity index (χ2v) is 6.21. The van der Waals surface area contributed by atoms with Gasteiger partial charge in [-0.05, 0) is 47.9 Å². The summed E-state index contributed by atoms with van der Waals surface area (Å²) >= 11 is 0. The van der Waals surface area contributed by atoms with Gasteiger partial charge in [0.1, 0.15) is 0 Å². The molecule has 1 saturated carbocycles. The van der Waals surface area contributed by atoms with E-state index in [0.717, 1.165) is 24.9 Å². The molecule has 2 aromatic rings. The molecular weight excluding hydrogens is 244 g/mol. The second-order valence-electron chi connectivity index (χ2n) is 6.21. The maximum Gasteiger partial charge on any atom is 0.0346 e. The van der Waals surface area contributed by atoms with Crippen molar-refractivity contribution in [2.45, 2.75) is 39.2 Å². The second kappa shape index (κ2) is 6.36. The van der Waals surface area contributed by atoms with Gasteiger partial charge in [-0.3, -0.25) is 4.98 Å². The number of nitrogens with one attached hydrogen (secondary N) is 1. The number of pyridine rings is 1. The van der Waals surface area contributed by atoms with Crippen molar-refractivity contribution < 1.29 is 0 Å². The first-order valence-electron chi connectivity index (χ1n) is 7.86. The van der Waals surface area contributed by atoms with Crippen LogP contribution in [0.25, 0.3) is 10.8 Å². The fourth-order valence-corrected chi connectivity index (χ4v) is 3.34. The molecule has 0 spiro atoms. The molecule has 1 N–H and O–H groups in total. The molecule has 0 amide bonds. The largest absolute Gasteiger partial charge is 0.312 e. The van der Waals surface area contributed by atoms with Gasteiger partial charge in [-0.2, -0.15) is 0 Å². The van der Waals surface area contributed by atoms with Crippen LogP contribution in [0.2, 0.25) is 0 Å². The summed E-state index contributed by atoms with van der Waals surface area (Å²) in [5, 5.41) is 6.15. The molecule has 1 fully saturated rings. The van der Waals surface area contributed by atoms with Gasteiger partial charge in [0.25, 0.3) is 0 Å². The molecular formula is C18H24N2. The number of hydrogen-bond donors (Lipinski definition) is 1. The lowest BCUT2D eigenvalue weighted by Gasteiger charge is -2.28. The van der Waals surface area contributed by atoms with E-state index in [4.69, 9.17) is 0 Å². The highest BCUT2D eigenvalue weighted by Crippen LogP contribution is 2.28. The lowest BCUT2D eigenvalue weighted by atomic mass is 9.80. The van der Waals surface area contributed by atoms with Crippen molar-refractivity contribution >= 4 is 10.8 Å². The first-order chi connectivity index (χ1) is 9.83. The van der Waals surface area contributed by atoms with Crippen LogP contribution in [-0.2, 0) is 6.54 Å². The zero-order valence-electron chi connectivity index (χ0n) is 12.3. The lowest BCUT2D eigenvalue weighted by Crippen LogP contribution is -2.29. The van der Waals surface area contributed by atoms with Gasteiger partial charge in [-0.15, -0.1) is 0 Å². The zero-order valence-corrected chi connectivity index (χ0v) is 12.3. The van der Waals surface area contributed by atoms with E-state index in [-0.39, 0.29) is 0 Å². The van der Waals surface area contributed by atoms with Crippen molar-refractivity contribution in [2.75, 3.05) is 6.54 Å². The van der Waals surface area contributed by atoms with E-state index >= 15 is 0 Å². The molecule has 2 nitrogen and oxygen atoms in total. The third-order valence-electron chi connectivity index (χ3n) is 4.73. The molecule has 2 atom stereocenters. The van der Waals surface area contributed by atoms with Gasteiger partial charge >= 0.3 is 0 Å². The number of rotatable bonds is 4. The van der Waals surface area contributed by atoms with Gasteiger partial charge in [0.15, 0.2) is 0 Å². The van der Waals surface area contributed by atoms with Crippen LogP contribution in [0, 0.1) is 11.8 Å². The summed E-state index contributed by atoms with van der Waals surface area (Å²) in [4.78, 5) is 4.16. The Morgan fingerprint density at radius 2 is 2.05 bits per heavy atom. The third kappa shape index (κ3) is 3.18. The molecule has 1 aromatic heterocycles. The molecule has 1 aliphatic rings. The van der Waals surface area contributed by atoms with Crippen LogP contribution in [0.5, 0.6) is 0 Å². The average molecular weight is 268 g/mol. The predicted octanol–water partition coefficient (Wildman–Crippen LogP) is 4.15. The van der Waals surface area contributed by atoms with Crippen LogP contribution in [-0.4, -0.2) is 11.5 Å². The van der Waals surface area contributed by atoms with Gasteiger partial charge in [0, 0.05) is 24.3 Å². The first kappa shape index (κ1) is 13.6. The summed E-state index contributed by atoms with van der Waals surface area (Å²) in [6, 6.07) is 8.74. The van der Waals surface area contributed by atoms with Crippen LogP contribution in [0.4, 0.5) is 0 Å². The van der Waals surface area contributed by atoms with E-state index in [9.17, 15) is 0 Å². The van der Waals surface area contributed by atoms with Gasteiger partial charge in [-0.1, -0.05) is 38.3 Å². The first-order valence-corrected chi connectivity index (χ1v) is 7.86. The van der Waals surface area contributed by atoms with Crippen molar-refractivity contribution in [3.63, 3.8) is 0 Å². The summed E-state index contributed by atoms with van der Waals surface area (Å²) in [7, 11) is 0. The topological polar surface area (TPSA) is 24.9 Å². The number of fused-ring (bicyclic) bond motifs is 1. The van der Waals surface area contributed by atoms with Crippen molar-refractivity contribution in [1.29, 1.82) is 0 Å². The summed E-state index contributed by atoms with van der Waals surface area (Å²) in [5.74, 6) is 1.76. The fraction of sp³-hybridized carbons (Fsp3) is 0.500. The Bertz CT molecular complexity index is 564. The van der Waals surface area contributed by atoms with Crippen molar-refractivity contribution in [3.8, 4) is 0 Å². The molecule has 20 heavy (non-hydrogen) atoms. The Morgan fingerprint density at radius 1 is 1.15 bits per heavy atom. The van der Waals surface area contributed by atoms with Crippen LogP contribution in [0.3, 0.4) is 0 Å². The molecule has 2 unspecified atom stereocenters. The van der Waals surface area contributed by atoms with Crippen molar-refractivity contribution in [1.82, 2.24) is 10.3 Å². The van der Waals surface area contributed by atoms with Gasteiger partial charge in [0.2, 0.25) is 0 Å². The predicted molar refractivity (Wildman–Crippen MR) is 84.6 cm³/mol. The highest BCUT2D eigenvalue weighted by molar-refractivity contribution is 5.81. The minimum absolute atomic E-state index is 0.869. The summed E-state index contributed by atoms with van der Waals surface area (Å²) in [6.07, 6.45) is 9.45. The quantitative estimate of drug-likeness (QED) is 0.901. The maximum atomic E-state index is 4.16. The van der Waals surface area contributed by atoms with Crippen LogP contribution in [0.1, 0.15) is 38.2 Å². The van der Waals surface area contributed by atoms with E-state index in [1.807, 2.05) is 12.4 Å². The summed E-state index contributed by atoms with van der Waals surface area (Å²) in [6.45, 7) is 4.55. The van der Waals surface area contributed by atoms with E-state index in [0.29, 0.717) is 0 Å². The van der Waals surface area contributed by atoms with E-state index < -0.39 is 0 Å². The number of aromatic nitrogens is 1. The van der Waals surface area contributed by atoms with E-state index in [2.05, 4.69) is 41.5 Å². The Hall–Kier alpha value is -1.41. The Balaban J connectivity index is 1.56. The molecule has 0 radical (unpaired) electrons. The monoisotopic (exact) mass is 268 g/mol.